The molecule has 1 fully saturated rings. The molecule has 0 saturated carbocycles. The van der Waals surface area contributed by atoms with Crippen LogP contribution in [0.15, 0.2) is 33.5 Å². The molecule has 112 valence electrons. The summed E-state index contributed by atoms with van der Waals surface area (Å²) in [6, 6.07) is 7.05. The van der Waals surface area contributed by atoms with E-state index in [2.05, 4.69) is 0 Å². The van der Waals surface area contributed by atoms with E-state index in [1.807, 2.05) is 6.92 Å². The molecule has 0 spiro atoms. The zero-order chi connectivity index (χ0) is 15.0. The van der Waals surface area contributed by atoms with Crippen LogP contribution < -0.4 is 5.76 Å². The molecule has 1 N–H and O–H groups in total. The van der Waals surface area contributed by atoms with Crippen LogP contribution in [0.1, 0.15) is 13.3 Å². The number of oxazole rings is 1. The van der Waals surface area contributed by atoms with Gasteiger partial charge < -0.3 is 14.4 Å². The van der Waals surface area contributed by atoms with Gasteiger partial charge >= 0.3 is 5.76 Å². The maximum absolute atomic E-state index is 12.4. The Labute approximate surface area is 121 Å². The van der Waals surface area contributed by atoms with E-state index in [1.165, 1.54) is 4.57 Å². The van der Waals surface area contributed by atoms with Crippen molar-refractivity contribution in [2.75, 3.05) is 13.1 Å². The second kappa shape index (κ2) is 5.37. The molecule has 1 aromatic carbocycles. The number of hydrogen-bond donors (Lipinski definition) is 1. The Hall–Kier alpha value is -2.08. The van der Waals surface area contributed by atoms with Crippen LogP contribution in [-0.4, -0.2) is 39.7 Å². The Morgan fingerprint density at radius 1 is 1.43 bits per heavy atom. The van der Waals surface area contributed by atoms with Crippen LogP contribution in [0, 0.1) is 5.92 Å². The summed E-state index contributed by atoms with van der Waals surface area (Å²) in [6.45, 7) is 2.93. The number of carbonyl (C=O) groups excluding carboxylic acids is 1. The maximum Gasteiger partial charge on any atom is 0.420 e. The number of carbonyl (C=O) groups is 1. The number of benzene rings is 1. The molecule has 21 heavy (non-hydrogen) atoms. The fourth-order valence-electron chi connectivity index (χ4n) is 2.76. The van der Waals surface area contributed by atoms with Gasteiger partial charge in [0.2, 0.25) is 5.91 Å². The van der Waals surface area contributed by atoms with Crippen molar-refractivity contribution in [3.8, 4) is 0 Å². The monoisotopic (exact) mass is 290 g/mol. The quantitative estimate of drug-likeness (QED) is 0.888. The van der Waals surface area contributed by atoms with Crippen LogP contribution in [0.25, 0.3) is 11.1 Å². The minimum atomic E-state index is -0.519. The van der Waals surface area contributed by atoms with E-state index in [9.17, 15) is 14.7 Å². The molecule has 2 atom stereocenters. The zero-order valence-corrected chi connectivity index (χ0v) is 11.9. The van der Waals surface area contributed by atoms with E-state index in [-0.39, 0.29) is 24.5 Å². The average Bonchev–Trinajstić information content (AvgIpc) is 2.78. The second-order valence-corrected chi connectivity index (χ2v) is 5.59. The molecular weight excluding hydrogens is 272 g/mol. The number of likely N-dealkylation sites (tertiary alicyclic amines) is 1. The SMILES string of the molecule is CC1CN(C(=O)Cn2c(=O)oc3ccccc32)CCC1O. The number of amides is 1. The number of aromatic nitrogens is 1. The summed E-state index contributed by atoms with van der Waals surface area (Å²) in [6.07, 6.45) is 0.222. The third-order valence-corrected chi connectivity index (χ3v) is 4.08. The first-order chi connectivity index (χ1) is 10.1. The first kappa shape index (κ1) is 13.9. The summed E-state index contributed by atoms with van der Waals surface area (Å²) >= 11 is 0. The summed E-state index contributed by atoms with van der Waals surface area (Å²) in [5.74, 6) is -0.586. The van der Waals surface area contributed by atoms with E-state index in [1.54, 1.807) is 29.2 Å². The highest BCUT2D eigenvalue weighted by Crippen LogP contribution is 2.17. The van der Waals surface area contributed by atoms with E-state index in [0.29, 0.717) is 30.6 Å². The normalized spacial score (nSPS) is 22.7. The van der Waals surface area contributed by atoms with Gasteiger partial charge in [0.25, 0.3) is 0 Å². The van der Waals surface area contributed by atoms with Crippen LogP contribution in [-0.2, 0) is 11.3 Å². The topological polar surface area (TPSA) is 75.7 Å². The van der Waals surface area contributed by atoms with Crippen molar-refractivity contribution in [2.24, 2.45) is 5.92 Å². The number of aliphatic hydroxyl groups is 1. The summed E-state index contributed by atoms with van der Waals surface area (Å²) in [5, 5.41) is 9.71. The summed E-state index contributed by atoms with van der Waals surface area (Å²) in [7, 11) is 0. The molecule has 6 heteroatoms. The van der Waals surface area contributed by atoms with Gasteiger partial charge in [-0.1, -0.05) is 19.1 Å². The molecular formula is C15H18N2O4. The van der Waals surface area contributed by atoms with Crippen LogP contribution in [0.3, 0.4) is 0 Å². The predicted octanol–water partition coefficient (Wildman–Crippen LogP) is 0.824. The summed E-state index contributed by atoms with van der Waals surface area (Å²) in [4.78, 5) is 25.9. The summed E-state index contributed by atoms with van der Waals surface area (Å²) < 4.78 is 6.48. The van der Waals surface area contributed by atoms with Crippen LogP contribution >= 0.6 is 0 Å². The van der Waals surface area contributed by atoms with Gasteiger partial charge in [-0.3, -0.25) is 9.36 Å². The Balaban J connectivity index is 1.81. The lowest BCUT2D eigenvalue weighted by molar-refractivity contribution is -0.135. The molecule has 2 heterocycles. The van der Waals surface area contributed by atoms with Crippen molar-refractivity contribution < 1.29 is 14.3 Å². The Morgan fingerprint density at radius 3 is 2.95 bits per heavy atom. The largest absolute Gasteiger partial charge is 0.420 e. The third-order valence-electron chi connectivity index (χ3n) is 4.08. The van der Waals surface area contributed by atoms with Gasteiger partial charge in [-0.15, -0.1) is 0 Å². The lowest BCUT2D eigenvalue weighted by Gasteiger charge is -2.34. The lowest BCUT2D eigenvalue weighted by Crippen LogP contribution is -2.46. The van der Waals surface area contributed by atoms with Crippen molar-refractivity contribution in [1.82, 2.24) is 9.47 Å². The first-order valence-electron chi connectivity index (χ1n) is 7.10. The molecule has 2 aromatic rings. The molecule has 1 aliphatic rings. The number of para-hydroxylation sites is 2. The first-order valence-corrected chi connectivity index (χ1v) is 7.10. The number of aliphatic hydroxyl groups excluding tert-OH is 1. The molecule has 1 saturated heterocycles. The van der Waals surface area contributed by atoms with E-state index in [4.69, 9.17) is 4.42 Å². The van der Waals surface area contributed by atoms with Crippen molar-refractivity contribution in [3.63, 3.8) is 0 Å². The molecule has 1 aliphatic heterocycles. The van der Waals surface area contributed by atoms with Gasteiger partial charge in [0.05, 0.1) is 11.6 Å². The van der Waals surface area contributed by atoms with Gasteiger partial charge in [0.1, 0.15) is 6.54 Å². The number of rotatable bonds is 2. The highest BCUT2D eigenvalue weighted by atomic mass is 16.4. The smallest absolute Gasteiger partial charge is 0.408 e. The maximum atomic E-state index is 12.4. The second-order valence-electron chi connectivity index (χ2n) is 5.59. The standard InChI is InChI=1S/C15H18N2O4/c1-10-8-16(7-6-12(10)18)14(19)9-17-11-4-2-3-5-13(11)21-15(17)20/h2-5,10,12,18H,6-9H2,1H3. The molecule has 2 unspecified atom stereocenters. The number of fused-ring (bicyclic) bond motifs is 1. The van der Waals surface area contributed by atoms with E-state index >= 15 is 0 Å². The van der Waals surface area contributed by atoms with Crippen LogP contribution in [0.4, 0.5) is 0 Å². The molecule has 1 amide bonds. The van der Waals surface area contributed by atoms with Gasteiger partial charge in [-0.2, -0.15) is 0 Å². The highest BCUT2D eigenvalue weighted by molar-refractivity contribution is 5.79. The Kier molecular flexibility index (Phi) is 3.55. The predicted molar refractivity (Wildman–Crippen MR) is 76.8 cm³/mol. The molecule has 0 radical (unpaired) electrons. The van der Waals surface area contributed by atoms with Gasteiger partial charge in [0, 0.05) is 13.1 Å². The number of nitrogens with zero attached hydrogens (tertiary/aromatic N) is 2. The molecule has 0 bridgehead atoms. The molecule has 3 rings (SSSR count). The minimum Gasteiger partial charge on any atom is -0.408 e. The zero-order valence-electron chi connectivity index (χ0n) is 11.9. The van der Waals surface area contributed by atoms with E-state index in [0.717, 1.165) is 0 Å². The third kappa shape index (κ3) is 2.58. The lowest BCUT2D eigenvalue weighted by atomic mass is 9.97. The molecule has 0 aliphatic carbocycles. The van der Waals surface area contributed by atoms with Gasteiger partial charge in [0.15, 0.2) is 5.58 Å². The molecule has 1 aromatic heterocycles. The fraction of sp³-hybridized carbons (Fsp3) is 0.467. The molecule has 6 nitrogen and oxygen atoms in total. The number of piperidine rings is 1. The van der Waals surface area contributed by atoms with Crippen molar-refractivity contribution in [3.05, 3.63) is 34.8 Å². The average molecular weight is 290 g/mol. The van der Waals surface area contributed by atoms with Crippen molar-refractivity contribution >= 4 is 17.0 Å². The van der Waals surface area contributed by atoms with Gasteiger partial charge in [-0.25, -0.2) is 4.79 Å². The van der Waals surface area contributed by atoms with Crippen molar-refractivity contribution in [1.29, 1.82) is 0 Å². The fourth-order valence-corrected chi connectivity index (χ4v) is 2.76. The Bertz CT molecular complexity index is 718. The minimum absolute atomic E-state index is 0.0291. The van der Waals surface area contributed by atoms with E-state index < -0.39 is 5.76 Å². The van der Waals surface area contributed by atoms with Gasteiger partial charge in [-0.05, 0) is 24.5 Å². The summed E-state index contributed by atoms with van der Waals surface area (Å²) in [5.41, 5.74) is 1.11. The highest BCUT2D eigenvalue weighted by Gasteiger charge is 2.27. The van der Waals surface area contributed by atoms with Crippen LogP contribution in [0.2, 0.25) is 0 Å². The van der Waals surface area contributed by atoms with Crippen molar-refractivity contribution in [2.45, 2.75) is 26.0 Å². The Morgan fingerprint density at radius 2 is 2.19 bits per heavy atom. The van der Waals surface area contributed by atoms with Crippen LogP contribution in [0.5, 0.6) is 0 Å². The number of hydrogen-bond acceptors (Lipinski definition) is 4.